The fourth-order valence-corrected chi connectivity index (χ4v) is 2.50. The quantitative estimate of drug-likeness (QED) is 0.449. The molecule has 0 saturated heterocycles. The van der Waals surface area contributed by atoms with E-state index in [9.17, 15) is 14.7 Å². The third-order valence-corrected chi connectivity index (χ3v) is 3.85. The first-order valence-electron chi connectivity index (χ1n) is 7.71. The highest BCUT2D eigenvalue weighted by atomic mass is 16.4. The number of rotatable bonds is 4. The molecule has 0 aliphatic rings. The van der Waals surface area contributed by atoms with Gasteiger partial charge in [-0.1, -0.05) is 18.2 Å². The zero-order valence-electron chi connectivity index (χ0n) is 13.9. The molecule has 3 aromatic rings. The summed E-state index contributed by atoms with van der Waals surface area (Å²) in [6.45, 7) is 0. The molecule has 0 fully saturated rings. The summed E-state index contributed by atoms with van der Waals surface area (Å²) in [4.78, 5) is 26.0. The Morgan fingerprint density at radius 2 is 1.72 bits per heavy atom. The van der Waals surface area contributed by atoms with Gasteiger partial charge in [0.15, 0.2) is 11.4 Å². The lowest BCUT2D eigenvalue weighted by Crippen LogP contribution is -2.07. The summed E-state index contributed by atoms with van der Waals surface area (Å²) >= 11 is 0. The number of fused-ring (bicyclic) bond motifs is 1. The van der Waals surface area contributed by atoms with Crippen LogP contribution in [-0.2, 0) is 0 Å². The highest BCUT2D eigenvalue weighted by Crippen LogP contribution is 2.27. The maximum Gasteiger partial charge on any atom is 0.336 e. The van der Waals surface area contributed by atoms with E-state index in [1.54, 1.807) is 18.2 Å². The molecule has 1 N–H and O–H groups in total. The Hall–Kier alpha value is -3.34. The van der Waals surface area contributed by atoms with Crippen LogP contribution in [0.1, 0.15) is 15.9 Å². The van der Waals surface area contributed by atoms with Gasteiger partial charge >= 0.3 is 5.63 Å². The number of hydrogen-bond acceptors (Lipinski definition) is 5. The van der Waals surface area contributed by atoms with Gasteiger partial charge in [0.1, 0.15) is 11.3 Å². The molecule has 0 atom stereocenters. The van der Waals surface area contributed by atoms with Gasteiger partial charge in [0.05, 0.1) is 0 Å². The topological polar surface area (TPSA) is 70.8 Å². The number of phenolic OH excluding ortho intramolecular Hbond substituents is 1. The average molecular weight is 335 g/mol. The molecule has 0 aliphatic heterocycles. The molecule has 0 radical (unpaired) electrons. The Kier molecular flexibility index (Phi) is 4.39. The lowest BCUT2D eigenvalue weighted by atomic mass is 10.0. The second kappa shape index (κ2) is 6.65. The first-order chi connectivity index (χ1) is 12.0. The second-order valence-corrected chi connectivity index (χ2v) is 5.82. The third-order valence-electron chi connectivity index (χ3n) is 3.85. The lowest BCUT2D eigenvalue weighted by molar-refractivity contribution is 0.104. The summed E-state index contributed by atoms with van der Waals surface area (Å²) in [7, 11) is 3.90. The van der Waals surface area contributed by atoms with E-state index in [2.05, 4.69) is 0 Å². The van der Waals surface area contributed by atoms with Crippen molar-refractivity contribution in [1.82, 2.24) is 0 Å². The molecular formula is C20H17NO4. The van der Waals surface area contributed by atoms with E-state index in [0.29, 0.717) is 5.39 Å². The van der Waals surface area contributed by atoms with Crippen molar-refractivity contribution in [3.63, 3.8) is 0 Å². The van der Waals surface area contributed by atoms with Gasteiger partial charge in [-0.15, -0.1) is 0 Å². The van der Waals surface area contributed by atoms with Gasteiger partial charge < -0.3 is 14.4 Å². The SMILES string of the molecule is CN(C)c1ccc(/C=C/C(=O)c2c(O)ccc3ccc(=O)oc23)cc1. The summed E-state index contributed by atoms with van der Waals surface area (Å²) in [5.74, 6) is -0.659. The number of benzene rings is 2. The van der Waals surface area contributed by atoms with Crippen molar-refractivity contribution >= 4 is 28.5 Å². The van der Waals surface area contributed by atoms with Crippen LogP contribution in [-0.4, -0.2) is 25.0 Å². The van der Waals surface area contributed by atoms with Crippen LogP contribution in [0.5, 0.6) is 5.75 Å². The minimum absolute atomic E-state index is 0.0173. The van der Waals surface area contributed by atoms with Crippen molar-refractivity contribution in [2.24, 2.45) is 0 Å². The highest BCUT2D eigenvalue weighted by molar-refractivity contribution is 6.15. The van der Waals surface area contributed by atoms with Crippen LogP contribution in [0.25, 0.3) is 17.0 Å². The number of hydrogen-bond donors (Lipinski definition) is 1. The largest absolute Gasteiger partial charge is 0.507 e. The predicted octanol–water partition coefficient (Wildman–Crippen LogP) is 3.46. The molecule has 0 unspecified atom stereocenters. The standard InChI is InChI=1S/C20H17NO4/c1-21(2)15-8-3-13(4-9-15)5-10-16(22)19-17(23)11-6-14-7-12-18(24)25-20(14)19/h3-12,23H,1-2H3/b10-5+. The number of phenols is 1. The summed E-state index contributed by atoms with van der Waals surface area (Å²) in [5, 5.41) is 10.6. The monoisotopic (exact) mass is 335 g/mol. The third kappa shape index (κ3) is 3.45. The van der Waals surface area contributed by atoms with Crippen molar-refractivity contribution < 1.29 is 14.3 Å². The highest BCUT2D eigenvalue weighted by Gasteiger charge is 2.15. The van der Waals surface area contributed by atoms with Crippen molar-refractivity contribution in [2.75, 3.05) is 19.0 Å². The molecule has 5 heteroatoms. The van der Waals surface area contributed by atoms with Crippen LogP contribution in [0.3, 0.4) is 0 Å². The number of allylic oxidation sites excluding steroid dienone is 1. The Balaban J connectivity index is 1.95. The minimum Gasteiger partial charge on any atom is -0.507 e. The van der Waals surface area contributed by atoms with Crippen molar-refractivity contribution in [2.45, 2.75) is 0 Å². The van der Waals surface area contributed by atoms with Gasteiger partial charge in [0.2, 0.25) is 0 Å². The van der Waals surface area contributed by atoms with Crippen LogP contribution in [0, 0.1) is 0 Å². The van der Waals surface area contributed by atoms with Crippen molar-refractivity contribution in [3.8, 4) is 5.75 Å². The molecule has 1 aromatic heterocycles. The Morgan fingerprint density at radius 1 is 1.04 bits per heavy atom. The predicted molar refractivity (Wildman–Crippen MR) is 98.3 cm³/mol. The number of ketones is 1. The number of aromatic hydroxyl groups is 1. The van der Waals surface area contributed by atoms with Gasteiger partial charge in [-0.2, -0.15) is 0 Å². The first kappa shape index (κ1) is 16.5. The van der Waals surface area contributed by atoms with Gasteiger partial charge in [0.25, 0.3) is 0 Å². The molecule has 5 nitrogen and oxygen atoms in total. The van der Waals surface area contributed by atoms with Crippen molar-refractivity contribution in [3.05, 3.63) is 76.2 Å². The van der Waals surface area contributed by atoms with Crippen LogP contribution >= 0.6 is 0 Å². The van der Waals surface area contributed by atoms with Gasteiger partial charge in [-0.25, -0.2) is 4.79 Å². The number of nitrogens with zero attached hydrogens (tertiary/aromatic N) is 1. The molecule has 0 aliphatic carbocycles. The van der Waals surface area contributed by atoms with E-state index >= 15 is 0 Å². The van der Waals surface area contributed by atoms with Crippen LogP contribution in [0.4, 0.5) is 5.69 Å². The average Bonchev–Trinajstić information content (AvgIpc) is 2.59. The van der Waals surface area contributed by atoms with Gasteiger partial charge in [-0.3, -0.25) is 4.79 Å². The smallest absolute Gasteiger partial charge is 0.336 e. The zero-order valence-corrected chi connectivity index (χ0v) is 13.9. The van der Waals surface area contributed by atoms with E-state index in [4.69, 9.17) is 4.42 Å². The second-order valence-electron chi connectivity index (χ2n) is 5.82. The van der Waals surface area contributed by atoms with E-state index < -0.39 is 11.4 Å². The molecule has 0 saturated carbocycles. The molecular weight excluding hydrogens is 318 g/mol. The molecule has 3 rings (SSSR count). The number of carbonyl (C=O) groups excluding carboxylic acids is 1. The Labute approximate surface area is 144 Å². The zero-order chi connectivity index (χ0) is 18.0. The van der Waals surface area contributed by atoms with E-state index in [1.807, 2.05) is 43.3 Å². The maximum absolute atomic E-state index is 12.5. The number of anilines is 1. The fraction of sp³-hybridized carbons (Fsp3) is 0.100. The van der Waals surface area contributed by atoms with E-state index in [1.165, 1.54) is 18.2 Å². The summed E-state index contributed by atoms with van der Waals surface area (Å²) in [6, 6.07) is 13.5. The molecule has 1 heterocycles. The van der Waals surface area contributed by atoms with Crippen LogP contribution < -0.4 is 10.5 Å². The Bertz CT molecular complexity index is 1010. The fourth-order valence-electron chi connectivity index (χ4n) is 2.50. The van der Waals surface area contributed by atoms with Crippen LogP contribution in [0.2, 0.25) is 0 Å². The van der Waals surface area contributed by atoms with E-state index in [-0.39, 0.29) is 16.9 Å². The normalized spacial score (nSPS) is 11.1. The number of carbonyl (C=O) groups is 1. The Morgan fingerprint density at radius 3 is 2.40 bits per heavy atom. The summed E-state index contributed by atoms with van der Waals surface area (Å²) in [6.07, 6.45) is 3.01. The lowest BCUT2D eigenvalue weighted by Gasteiger charge is -2.11. The molecule has 0 bridgehead atoms. The molecule has 25 heavy (non-hydrogen) atoms. The van der Waals surface area contributed by atoms with Gasteiger partial charge in [-0.05, 0) is 42.0 Å². The molecule has 0 amide bonds. The summed E-state index contributed by atoms with van der Waals surface area (Å²) < 4.78 is 5.11. The first-order valence-corrected chi connectivity index (χ1v) is 7.71. The van der Waals surface area contributed by atoms with Crippen LogP contribution in [0.15, 0.2) is 63.8 Å². The molecule has 126 valence electrons. The maximum atomic E-state index is 12.5. The summed E-state index contributed by atoms with van der Waals surface area (Å²) in [5.41, 5.74) is 1.40. The molecule has 2 aromatic carbocycles. The van der Waals surface area contributed by atoms with E-state index in [0.717, 1.165) is 11.3 Å². The minimum atomic E-state index is -0.574. The van der Waals surface area contributed by atoms with Gasteiger partial charge in [0, 0.05) is 31.2 Å². The molecule has 0 spiro atoms. The van der Waals surface area contributed by atoms with Crippen molar-refractivity contribution in [1.29, 1.82) is 0 Å².